The number of halogens is 5. The second-order valence-corrected chi connectivity index (χ2v) is 4.95. The fourth-order valence-electron chi connectivity index (χ4n) is 2.24. The first-order valence-electron chi connectivity index (χ1n) is 6.49. The number of non-ortho nitro benzene ring substituents is 1. The molecule has 128 valence electrons. The van der Waals surface area contributed by atoms with Crippen LogP contribution in [0.2, 0.25) is 0 Å². The molecule has 0 fully saturated rings. The van der Waals surface area contributed by atoms with Gasteiger partial charge >= 0.3 is 12.1 Å². The average molecular weight is 347 g/mol. The number of nitro groups is 1. The second kappa shape index (κ2) is 5.82. The number of rotatable bonds is 4. The summed E-state index contributed by atoms with van der Waals surface area (Å²) in [6.45, 7) is 0. The van der Waals surface area contributed by atoms with Gasteiger partial charge in [-0.25, -0.2) is 0 Å². The number of nitrogens with zero attached hydrogens (tertiary/aromatic N) is 1. The van der Waals surface area contributed by atoms with Crippen LogP contribution in [0.25, 0.3) is 0 Å². The molecule has 1 unspecified atom stereocenters. The Bertz CT molecular complexity index is 731. The first-order chi connectivity index (χ1) is 11.0. The van der Waals surface area contributed by atoms with Gasteiger partial charge in [-0.3, -0.25) is 10.1 Å². The molecular weight excluding hydrogens is 337 g/mol. The SMILES string of the molecule is O=[N+]([O-])c1ccc(C(O)(c2ccccc2)C(F)(F)C(F)(F)F)cc1. The molecular formula is C15H10F5NO3. The predicted octanol–water partition coefficient (Wildman–Crippen LogP) is 4.03. The van der Waals surface area contributed by atoms with Crippen LogP contribution < -0.4 is 0 Å². The third-order valence-corrected chi connectivity index (χ3v) is 3.50. The minimum atomic E-state index is -6.04. The molecule has 24 heavy (non-hydrogen) atoms. The molecule has 0 heterocycles. The Morgan fingerprint density at radius 2 is 1.29 bits per heavy atom. The van der Waals surface area contributed by atoms with Gasteiger partial charge in [0, 0.05) is 12.1 Å². The monoisotopic (exact) mass is 347 g/mol. The van der Waals surface area contributed by atoms with Crippen LogP contribution >= 0.6 is 0 Å². The Morgan fingerprint density at radius 1 is 0.833 bits per heavy atom. The molecule has 1 atom stereocenters. The number of nitro benzene ring substituents is 1. The zero-order chi connectivity index (χ0) is 18.2. The maximum atomic E-state index is 14.1. The molecule has 0 saturated heterocycles. The maximum absolute atomic E-state index is 14.1. The van der Waals surface area contributed by atoms with Crippen LogP contribution in [-0.4, -0.2) is 22.1 Å². The summed E-state index contributed by atoms with van der Waals surface area (Å²) in [7, 11) is 0. The van der Waals surface area contributed by atoms with Gasteiger partial charge in [0.1, 0.15) is 0 Å². The highest BCUT2D eigenvalue weighted by Crippen LogP contribution is 2.51. The van der Waals surface area contributed by atoms with Crippen molar-refractivity contribution < 1.29 is 32.0 Å². The lowest BCUT2D eigenvalue weighted by atomic mass is 9.80. The maximum Gasteiger partial charge on any atom is 0.457 e. The Morgan fingerprint density at radius 3 is 1.71 bits per heavy atom. The molecule has 0 aliphatic rings. The zero-order valence-corrected chi connectivity index (χ0v) is 11.8. The Labute approximate surface area is 132 Å². The fraction of sp³-hybridized carbons (Fsp3) is 0.200. The standard InChI is InChI=1S/C15H10F5NO3/c16-14(17,15(18,19)20)13(22,10-4-2-1-3-5-10)11-6-8-12(9-7-11)21(23)24/h1-9,22H. The summed E-state index contributed by atoms with van der Waals surface area (Å²) in [6.07, 6.45) is -6.04. The molecule has 0 aliphatic carbocycles. The third-order valence-electron chi connectivity index (χ3n) is 3.50. The molecule has 0 saturated carbocycles. The summed E-state index contributed by atoms with van der Waals surface area (Å²) in [4.78, 5) is 9.76. The molecule has 0 radical (unpaired) electrons. The molecule has 2 rings (SSSR count). The Hall–Kier alpha value is -2.55. The van der Waals surface area contributed by atoms with E-state index in [1.54, 1.807) is 0 Å². The summed E-state index contributed by atoms with van der Waals surface area (Å²) >= 11 is 0. The first-order valence-corrected chi connectivity index (χ1v) is 6.49. The van der Waals surface area contributed by atoms with Gasteiger partial charge in [-0.05, 0) is 23.3 Å². The van der Waals surface area contributed by atoms with Gasteiger partial charge in [-0.2, -0.15) is 22.0 Å². The summed E-state index contributed by atoms with van der Waals surface area (Å²) < 4.78 is 66.9. The van der Waals surface area contributed by atoms with E-state index in [4.69, 9.17) is 0 Å². The molecule has 2 aromatic rings. The quantitative estimate of drug-likeness (QED) is 0.516. The van der Waals surface area contributed by atoms with E-state index < -0.39 is 39.4 Å². The molecule has 0 aliphatic heterocycles. The molecule has 9 heteroatoms. The van der Waals surface area contributed by atoms with Gasteiger partial charge < -0.3 is 5.11 Å². The van der Waals surface area contributed by atoms with Crippen LogP contribution in [-0.2, 0) is 5.60 Å². The largest absolute Gasteiger partial charge is 0.457 e. The van der Waals surface area contributed by atoms with Crippen molar-refractivity contribution in [3.05, 3.63) is 75.8 Å². The van der Waals surface area contributed by atoms with Crippen LogP contribution in [0.15, 0.2) is 54.6 Å². The summed E-state index contributed by atoms with van der Waals surface area (Å²) in [5, 5.41) is 21.0. The van der Waals surface area contributed by atoms with E-state index in [1.165, 1.54) is 18.2 Å². The average Bonchev–Trinajstić information content (AvgIpc) is 2.53. The van der Waals surface area contributed by atoms with Crippen LogP contribution in [0.1, 0.15) is 11.1 Å². The van der Waals surface area contributed by atoms with Crippen molar-refractivity contribution in [1.29, 1.82) is 0 Å². The lowest BCUT2D eigenvalue weighted by Crippen LogP contribution is -2.55. The van der Waals surface area contributed by atoms with Crippen molar-refractivity contribution in [2.24, 2.45) is 0 Å². The van der Waals surface area contributed by atoms with Gasteiger partial charge in [-0.1, -0.05) is 30.3 Å². The molecule has 4 nitrogen and oxygen atoms in total. The molecule has 2 aromatic carbocycles. The van der Waals surface area contributed by atoms with Crippen LogP contribution in [0.4, 0.5) is 27.6 Å². The highest BCUT2D eigenvalue weighted by Gasteiger charge is 2.71. The van der Waals surface area contributed by atoms with Gasteiger partial charge in [0.15, 0.2) is 5.60 Å². The topological polar surface area (TPSA) is 63.4 Å². The molecule has 0 amide bonds. The van der Waals surface area contributed by atoms with E-state index >= 15 is 0 Å². The predicted molar refractivity (Wildman–Crippen MR) is 73.5 cm³/mol. The van der Waals surface area contributed by atoms with Crippen molar-refractivity contribution in [1.82, 2.24) is 0 Å². The number of benzene rings is 2. The van der Waals surface area contributed by atoms with E-state index in [9.17, 15) is 37.2 Å². The minimum Gasteiger partial charge on any atom is -0.374 e. The van der Waals surface area contributed by atoms with Gasteiger partial charge in [0.2, 0.25) is 0 Å². The first kappa shape index (κ1) is 17.8. The highest BCUT2D eigenvalue weighted by atomic mass is 19.4. The van der Waals surface area contributed by atoms with Crippen LogP contribution in [0.5, 0.6) is 0 Å². The number of aliphatic hydroxyl groups is 1. The molecule has 0 aromatic heterocycles. The molecule has 0 spiro atoms. The molecule has 1 N–H and O–H groups in total. The van der Waals surface area contributed by atoms with Crippen molar-refractivity contribution in [2.45, 2.75) is 17.7 Å². The summed E-state index contributed by atoms with van der Waals surface area (Å²) in [6, 6.07) is 8.44. The zero-order valence-electron chi connectivity index (χ0n) is 11.8. The number of hydrogen-bond acceptors (Lipinski definition) is 3. The smallest absolute Gasteiger partial charge is 0.374 e. The van der Waals surface area contributed by atoms with Crippen LogP contribution in [0.3, 0.4) is 0 Å². The Balaban J connectivity index is 2.71. The van der Waals surface area contributed by atoms with Crippen molar-refractivity contribution >= 4 is 5.69 Å². The Kier molecular flexibility index (Phi) is 4.32. The van der Waals surface area contributed by atoms with E-state index in [-0.39, 0.29) is 0 Å². The normalized spacial score (nSPS) is 14.9. The number of hydrogen-bond donors (Lipinski definition) is 1. The lowest BCUT2D eigenvalue weighted by molar-refractivity contribution is -0.384. The second-order valence-electron chi connectivity index (χ2n) is 4.95. The van der Waals surface area contributed by atoms with E-state index in [0.29, 0.717) is 12.1 Å². The van der Waals surface area contributed by atoms with Gasteiger partial charge in [-0.15, -0.1) is 0 Å². The van der Waals surface area contributed by atoms with Gasteiger partial charge in [0.05, 0.1) is 4.92 Å². The molecule has 0 bridgehead atoms. The van der Waals surface area contributed by atoms with Crippen molar-refractivity contribution in [2.75, 3.05) is 0 Å². The van der Waals surface area contributed by atoms with Crippen molar-refractivity contribution in [3.63, 3.8) is 0 Å². The summed E-state index contributed by atoms with van der Waals surface area (Å²) in [5.74, 6) is -5.53. The fourth-order valence-corrected chi connectivity index (χ4v) is 2.24. The highest BCUT2D eigenvalue weighted by molar-refractivity contribution is 5.43. The number of alkyl halides is 5. The minimum absolute atomic E-state index is 0.510. The van der Waals surface area contributed by atoms with Gasteiger partial charge in [0.25, 0.3) is 5.69 Å². The van der Waals surface area contributed by atoms with E-state index in [2.05, 4.69) is 0 Å². The third kappa shape index (κ3) is 2.71. The summed E-state index contributed by atoms with van der Waals surface area (Å²) in [5.41, 5.74) is -5.76. The van der Waals surface area contributed by atoms with Crippen LogP contribution in [0, 0.1) is 10.1 Å². The van der Waals surface area contributed by atoms with Crippen molar-refractivity contribution in [3.8, 4) is 0 Å². The lowest BCUT2D eigenvalue weighted by Gasteiger charge is -2.37. The van der Waals surface area contributed by atoms with E-state index in [0.717, 1.165) is 24.3 Å². The van der Waals surface area contributed by atoms with E-state index in [1.807, 2.05) is 0 Å².